The maximum atomic E-state index is 12.4. The lowest BCUT2D eigenvalue weighted by atomic mass is 9.93. The predicted molar refractivity (Wildman–Crippen MR) is 115 cm³/mol. The molecule has 156 valence electrons. The predicted octanol–water partition coefficient (Wildman–Crippen LogP) is 3.44. The van der Waals surface area contributed by atoms with Gasteiger partial charge in [-0.1, -0.05) is 0 Å². The number of likely N-dealkylation sites (tertiary alicyclic amines) is 1. The van der Waals surface area contributed by atoms with Crippen LogP contribution in [0.15, 0.2) is 11.2 Å². The van der Waals surface area contributed by atoms with Gasteiger partial charge in [-0.05, 0) is 45.2 Å². The highest BCUT2D eigenvalue weighted by molar-refractivity contribution is 14.0. The Morgan fingerprint density at radius 3 is 2.52 bits per heavy atom. The van der Waals surface area contributed by atoms with Crippen molar-refractivity contribution in [2.75, 3.05) is 39.8 Å². The minimum Gasteiger partial charge on any atom is -0.356 e. The van der Waals surface area contributed by atoms with E-state index in [2.05, 4.69) is 20.6 Å². The molecule has 1 fully saturated rings. The lowest BCUT2D eigenvalue weighted by Gasteiger charge is -2.32. The van der Waals surface area contributed by atoms with Crippen LogP contribution >= 0.6 is 35.3 Å². The van der Waals surface area contributed by atoms with E-state index < -0.39 is 12.7 Å². The van der Waals surface area contributed by atoms with Crippen LogP contribution in [-0.2, 0) is 6.42 Å². The largest absolute Gasteiger partial charge is 0.401 e. The van der Waals surface area contributed by atoms with Crippen LogP contribution in [0.4, 0.5) is 13.2 Å². The first-order valence-corrected chi connectivity index (χ1v) is 9.82. The number of hydrogen-bond acceptors (Lipinski definition) is 4. The second kappa shape index (κ2) is 12.1. The van der Waals surface area contributed by atoms with Crippen molar-refractivity contribution in [1.29, 1.82) is 0 Å². The summed E-state index contributed by atoms with van der Waals surface area (Å²) in [6.07, 6.45) is 1.25. The molecule has 0 atom stereocenters. The second-order valence-corrected chi connectivity index (χ2v) is 7.98. The summed E-state index contributed by atoms with van der Waals surface area (Å²) < 4.78 is 37.2. The maximum absolute atomic E-state index is 12.4. The molecule has 0 bridgehead atoms. The Bertz CT molecular complexity index is 571. The summed E-state index contributed by atoms with van der Waals surface area (Å²) in [5.41, 5.74) is 0. The highest BCUT2D eigenvalue weighted by atomic mass is 127. The van der Waals surface area contributed by atoms with E-state index in [0.717, 1.165) is 49.7 Å². The first-order chi connectivity index (χ1) is 12.4. The molecule has 2 rings (SSSR count). The molecule has 0 aliphatic carbocycles. The first-order valence-electron chi connectivity index (χ1n) is 9.00. The summed E-state index contributed by atoms with van der Waals surface area (Å²) in [5.74, 6) is 1.23. The third kappa shape index (κ3) is 9.93. The molecule has 1 aliphatic rings. The SMILES string of the molecule is CN=C(NCCc1ncc(C)s1)NCCC1CCN(CC(F)(F)F)CC1.I. The van der Waals surface area contributed by atoms with Crippen molar-refractivity contribution in [3.63, 3.8) is 0 Å². The van der Waals surface area contributed by atoms with Crippen molar-refractivity contribution in [1.82, 2.24) is 20.5 Å². The number of piperidine rings is 1. The van der Waals surface area contributed by atoms with Crippen molar-refractivity contribution >= 4 is 41.3 Å². The van der Waals surface area contributed by atoms with Gasteiger partial charge < -0.3 is 10.6 Å². The van der Waals surface area contributed by atoms with Crippen molar-refractivity contribution in [2.24, 2.45) is 10.9 Å². The second-order valence-electron chi connectivity index (χ2n) is 6.66. The fraction of sp³-hybridized carbons (Fsp3) is 0.765. The standard InChI is InChI=1S/C17H28F3N5S.HI/c1-13-11-24-15(26-13)4-8-23-16(21-2)22-7-3-14-5-9-25(10-6-14)12-17(18,19)20;/h11,14H,3-10,12H2,1-2H3,(H2,21,22,23);1H. The summed E-state index contributed by atoms with van der Waals surface area (Å²) >= 11 is 1.70. The van der Waals surface area contributed by atoms with Gasteiger partial charge in [-0.2, -0.15) is 13.2 Å². The molecular weight excluding hydrogens is 490 g/mol. The Hall–Kier alpha value is -0.620. The van der Waals surface area contributed by atoms with Crippen LogP contribution in [0, 0.1) is 12.8 Å². The summed E-state index contributed by atoms with van der Waals surface area (Å²) in [5, 5.41) is 7.66. The third-order valence-corrected chi connectivity index (χ3v) is 5.45. The zero-order valence-corrected chi connectivity index (χ0v) is 19.0. The van der Waals surface area contributed by atoms with Gasteiger partial charge in [0.05, 0.1) is 11.6 Å². The molecule has 0 unspecified atom stereocenters. The Morgan fingerprint density at radius 2 is 1.96 bits per heavy atom. The van der Waals surface area contributed by atoms with Crippen LogP contribution in [0.3, 0.4) is 0 Å². The monoisotopic (exact) mass is 519 g/mol. The third-order valence-electron chi connectivity index (χ3n) is 4.48. The van der Waals surface area contributed by atoms with E-state index in [1.807, 2.05) is 13.1 Å². The molecule has 0 saturated carbocycles. The number of aryl methyl sites for hydroxylation is 1. The minimum atomic E-state index is -4.09. The Morgan fingerprint density at radius 1 is 1.30 bits per heavy atom. The highest BCUT2D eigenvalue weighted by Crippen LogP contribution is 2.23. The van der Waals surface area contributed by atoms with Gasteiger partial charge in [-0.3, -0.25) is 9.89 Å². The van der Waals surface area contributed by atoms with E-state index in [1.54, 1.807) is 18.4 Å². The van der Waals surface area contributed by atoms with Gasteiger partial charge in [0.1, 0.15) is 0 Å². The molecule has 0 spiro atoms. The minimum absolute atomic E-state index is 0. The molecule has 1 saturated heterocycles. The molecule has 0 amide bonds. The van der Waals surface area contributed by atoms with Gasteiger partial charge in [-0.25, -0.2) is 4.98 Å². The summed E-state index contributed by atoms with van der Waals surface area (Å²) in [6.45, 7) is 3.87. The molecule has 2 N–H and O–H groups in total. The quantitative estimate of drug-likeness (QED) is 0.330. The van der Waals surface area contributed by atoms with Crippen molar-refractivity contribution < 1.29 is 13.2 Å². The smallest absolute Gasteiger partial charge is 0.356 e. The average molecular weight is 519 g/mol. The number of nitrogens with one attached hydrogen (secondary N) is 2. The fourth-order valence-corrected chi connectivity index (χ4v) is 3.89. The van der Waals surface area contributed by atoms with Crippen LogP contribution in [0.25, 0.3) is 0 Å². The van der Waals surface area contributed by atoms with Gasteiger partial charge in [0.15, 0.2) is 5.96 Å². The molecule has 1 aromatic heterocycles. The van der Waals surface area contributed by atoms with Crippen LogP contribution in [0.1, 0.15) is 29.1 Å². The molecule has 10 heteroatoms. The molecule has 5 nitrogen and oxygen atoms in total. The summed E-state index contributed by atoms with van der Waals surface area (Å²) in [4.78, 5) is 11.3. The van der Waals surface area contributed by atoms with Gasteiger partial charge in [0, 0.05) is 37.6 Å². The molecular formula is C17H29F3IN5S. The van der Waals surface area contributed by atoms with Crippen LogP contribution in [0.5, 0.6) is 0 Å². The number of nitrogens with zero attached hydrogens (tertiary/aromatic N) is 3. The van der Waals surface area contributed by atoms with E-state index in [9.17, 15) is 13.2 Å². The number of aliphatic imine (C=N–C) groups is 1. The van der Waals surface area contributed by atoms with E-state index in [0.29, 0.717) is 19.0 Å². The molecule has 2 heterocycles. The van der Waals surface area contributed by atoms with Gasteiger partial charge in [-0.15, -0.1) is 35.3 Å². The molecule has 27 heavy (non-hydrogen) atoms. The summed E-state index contributed by atoms with van der Waals surface area (Å²) in [6, 6.07) is 0. The maximum Gasteiger partial charge on any atom is 0.401 e. The van der Waals surface area contributed by atoms with Gasteiger partial charge in [0.25, 0.3) is 0 Å². The Kier molecular flexibility index (Phi) is 10.9. The number of hydrogen-bond donors (Lipinski definition) is 2. The Balaban J connectivity index is 0.00000364. The molecule has 1 aliphatic heterocycles. The normalized spacial score (nSPS) is 16.9. The van der Waals surface area contributed by atoms with Crippen LogP contribution < -0.4 is 10.6 Å². The average Bonchev–Trinajstić information content (AvgIpc) is 2.99. The van der Waals surface area contributed by atoms with Crippen LogP contribution in [0.2, 0.25) is 0 Å². The van der Waals surface area contributed by atoms with Crippen molar-refractivity contribution in [2.45, 2.75) is 38.8 Å². The number of guanidine groups is 1. The van der Waals surface area contributed by atoms with Crippen molar-refractivity contribution in [3.05, 3.63) is 16.1 Å². The molecule has 0 aromatic carbocycles. The zero-order chi connectivity index (χ0) is 19.0. The van der Waals surface area contributed by atoms with Crippen LogP contribution in [-0.4, -0.2) is 61.8 Å². The highest BCUT2D eigenvalue weighted by Gasteiger charge is 2.32. The topological polar surface area (TPSA) is 52.6 Å². The number of alkyl halides is 3. The van der Waals surface area contributed by atoms with E-state index in [1.165, 1.54) is 9.78 Å². The van der Waals surface area contributed by atoms with E-state index in [-0.39, 0.29) is 24.0 Å². The molecule has 1 aromatic rings. The molecule has 0 radical (unpaired) electrons. The van der Waals surface area contributed by atoms with Crippen molar-refractivity contribution in [3.8, 4) is 0 Å². The number of aromatic nitrogens is 1. The van der Waals surface area contributed by atoms with Gasteiger partial charge >= 0.3 is 6.18 Å². The van der Waals surface area contributed by atoms with Gasteiger partial charge in [0.2, 0.25) is 0 Å². The lowest BCUT2D eigenvalue weighted by Crippen LogP contribution is -2.42. The number of thiazole rings is 1. The fourth-order valence-electron chi connectivity index (χ4n) is 3.11. The van der Waals surface area contributed by atoms with E-state index >= 15 is 0 Å². The lowest BCUT2D eigenvalue weighted by molar-refractivity contribution is -0.148. The first kappa shape index (κ1) is 24.4. The summed E-state index contributed by atoms with van der Waals surface area (Å²) in [7, 11) is 1.73. The Labute approximate surface area is 180 Å². The number of halogens is 4. The number of rotatable bonds is 7. The van der Waals surface area contributed by atoms with E-state index in [4.69, 9.17) is 0 Å². The zero-order valence-electron chi connectivity index (χ0n) is 15.8.